The fourth-order valence-electron chi connectivity index (χ4n) is 5.82. The van der Waals surface area contributed by atoms with Crippen LogP contribution in [0.15, 0.2) is 42.5 Å². The lowest BCUT2D eigenvalue weighted by molar-refractivity contribution is 0.662. The predicted molar refractivity (Wildman–Crippen MR) is 147 cm³/mol. The average molecular weight is 449 g/mol. The van der Waals surface area contributed by atoms with E-state index in [-0.39, 0.29) is 5.92 Å². The van der Waals surface area contributed by atoms with Gasteiger partial charge in [0.1, 0.15) is 0 Å². The molecule has 176 valence electrons. The van der Waals surface area contributed by atoms with E-state index in [2.05, 4.69) is 96.9 Å². The zero-order valence-electron chi connectivity index (χ0n) is 22.2. The van der Waals surface area contributed by atoms with Crippen LogP contribution < -0.4 is 0 Å². The van der Waals surface area contributed by atoms with E-state index in [4.69, 9.17) is 6.42 Å². The number of terminal acetylenes is 1. The van der Waals surface area contributed by atoms with E-state index in [1.807, 2.05) is 0 Å². The van der Waals surface area contributed by atoms with Crippen LogP contribution in [0.4, 0.5) is 0 Å². The minimum atomic E-state index is 0.173. The van der Waals surface area contributed by atoms with Crippen molar-refractivity contribution in [2.24, 2.45) is 5.92 Å². The van der Waals surface area contributed by atoms with Gasteiger partial charge in [0.2, 0.25) is 0 Å². The maximum absolute atomic E-state index is 6.01. The highest BCUT2D eigenvalue weighted by atomic mass is 14.3. The minimum Gasteiger partial charge on any atom is -0.115 e. The van der Waals surface area contributed by atoms with Gasteiger partial charge in [0.15, 0.2) is 0 Å². The van der Waals surface area contributed by atoms with Gasteiger partial charge in [-0.25, -0.2) is 0 Å². The van der Waals surface area contributed by atoms with Crippen molar-refractivity contribution < 1.29 is 0 Å². The standard InChI is InChI=1S/C34H40/c1-9-26-18-31(16-22(5)24(26)7)34(32-17-23(6)33(11-3)27(10-2)19-32)30-15-21(4)14-29(20-30)25(8)28-12-13-28/h2,14-20,25,28,34H,9,11-13H2,1,3-8H3. The molecule has 0 heteroatoms. The number of hydrogen-bond donors (Lipinski definition) is 0. The average Bonchev–Trinajstić information content (AvgIpc) is 3.65. The Labute approximate surface area is 207 Å². The second kappa shape index (κ2) is 9.84. The Morgan fingerprint density at radius 3 is 2.03 bits per heavy atom. The molecule has 0 saturated heterocycles. The Hall–Kier alpha value is -2.78. The van der Waals surface area contributed by atoms with E-state index < -0.39 is 0 Å². The molecule has 0 amide bonds. The SMILES string of the molecule is C#Cc1cc(C(c2cc(C)cc(C(C)C3CC3)c2)c2cc(C)c(C)c(CC)c2)cc(C)c1CC. The zero-order valence-corrected chi connectivity index (χ0v) is 22.2. The molecule has 2 atom stereocenters. The Bertz CT molecular complexity index is 1250. The van der Waals surface area contributed by atoms with Crippen LogP contribution in [0.25, 0.3) is 0 Å². The summed E-state index contributed by atoms with van der Waals surface area (Å²) in [5.41, 5.74) is 14.8. The quantitative estimate of drug-likeness (QED) is 0.250. The second-order valence-corrected chi connectivity index (χ2v) is 10.6. The van der Waals surface area contributed by atoms with Crippen molar-refractivity contribution in [2.75, 3.05) is 0 Å². The number of benzene rings is 3. The third kappa shape index (κ3) is 4.72. The van der Waals surface area contributed by atoms with Gasteiger partial charge < -0.3 is 0 Å². The van der Waals surface area contributed by atoms with Gasteiger partial charge >= 0.3 is 0 Å². The smallest absolute Gasteiger partial charge is 0.0340 e. The van der Waals surface area contributed by atoms with Crippen LogP contribution in [-0.4, -0.2) is 0 Å². The monoisotopic (exact) mass is 448 g/mol. The van der Waals surface area contributed by atoms with E-state index in [0.29, 0.717) is 5.92 Å². The molecule has 1 fully saturated rings. The van der Waals surface area contributed by atoms with Crippen molar-refractivity contribution in [3.05, 3.63) is 104 Å². The van der Waals surface area contributed by atoms with Crippen molar-refractivity contribution in [1.82, 2.24) is 0 Å². The molecule has 0 spiro atoms. The number of rotatable bonds is 7. The van der Waals surface area contributed by atoms with Gasteiger partial charge in [-0.2, -0.15) is 0 Å². The first kappa shape index (κ1) is 24.3. The molecule has 34 heavy (non-hydrogen) atoms. The normalized spacial score (nSPS) is 15.1. The molecule has 0 N–H and O–H groups in total. The van der Waals surface area contributed by atoms with Crippen LogP contribution >= 0.6 is 0 Å². The molecule has 3 aromatic rings. The molecule has 0 bridgehead atoms. The molecular weight excluding hydrogens is 408 g/mol. The van der Waals surface area contributed by atoms with Crippen molar-refractivity contribution in [2.45, 2.75) is 86.0 Å². The fraction of sp³-hybridized carbons (Fsp3) is 0.412. The van der Waals surface area contributed by atoms with Crippen molar-refractivity contribution in [3.8, 4) is 12.3 Å². The molecule has 2 unspecified atom stereocenters. The van der Waals surface area contributed by atoms with E-state index in [1.165, 1.54) is 68.5 Å². The van der Waals surface area contributed by atoms with Crippen LogP contribution in [0, 0.1) is 46.0 Å². The Morgan fingerprint density at radius 1 is 0.794 bits per heavy atom. The molecule has 0 radical (unpaired) electrons. The molecule has 0 nitrogen and oxygen atoms in total. The van der Waals surface area contributed by atoms with Gasteiger partial charge in [0, 0.05) is 11.5 Å². The van der Waals surface area contributed by atoms with Gasteiger partial charge in [-0.3, -0.25) is 0 Å². The maximum atomic E-state index is 6.01. The van der Waals surface area contributed by atoms with Crippen molar-refractivity contribution in [1.29, 1.82) is 0 Å². The summed E-state index contributed by atoms with van der Waals surface area (Å²) in [6, 6.07) is 16.8. The van der Waals surface area contributed by atoms with Crippen molar-refractivity contribution >= 4 is 0 Å². The van der Waals surface area contributed by atoms with Crippen LogP contribution in [0.1, 0.15) is 107 Å². The first-order valence-corrected chi connectivity index (χ1v) is 13.1. The molecule has 0 aliphatic heterocycles. The van der Waals surface area contributed by atoms with E-state index in [9.17, 15) is 0 Å². The highest BCUT2D eigenvalue weighted by Gasteiger charge is 2.30. The lowest BCUT2D eigenvalue weighted by atomic mass is 9.79. The largest absolute Gasteiger partial charge is 0.115 e. The fourth-order valence-corrected chi connectivity index (χ4v) is 5.82. The molecule has 1 saturated carbocycles. The summed E-state index contributed by atoms with van der Waals surface area (Å²) in [7, 11) is 0. The van der Waals surface area contributed by atoms with E-state index in [0.717, 1.165) is 24.3 Å². The van der Waals surface area contributed by atoms with E-state index in [1.54, 1.807) is 0 Å². The summed E-state index contributed by atoms with van der Waals surface area (Å²) in [6.45, 7) is 15.8. The molecule has 4 rings (SSSR count). The summed E-state index contributed by atoms with van der Waals surface area (Å²) in [5.74, 6) is 4.63. The zero-order chi connectivity index (χ0) is 24.6. The number of hydrogen-bond acceptors (Lipinski definition) is 0. The maximum Gasteiger partial charge on any atom is 0.0340 e. The third-order valence-electron chi connectivity index (χ3n) is 8.16. The topological polar surface area (TPSA) is 0 Å². The first-order chi connectivity index (χ1) is 16.3. The third-order valence-corrected chi connectivity index (χ3v) is 8.16. The van der Waals surface area contributed by atoms with Gasteiger partial charge in [0.05, 0.1) is 0 Å². The van der Waals surface area contributed by atoms with Crippen LogP contribution in [0.3, 0.4) is 0 Å². The van der Waals surface area contributed by atoms with Gasteiger partial charge in [0.25, 0.3) is 0 Å². The van der Waals surface area contributed by atoms with Gasteiger partial charge in [-0.1, -0.05) is 68.7 Å². The molecule has 3 aromatic carbocycles. The summed E-state index contributed by atoms with van der Waals surface area (Å²) in [5, 5.41) is 0. The Morgan fingerprint density at radius 2 is 1.41 bits per heavy atom. The minimum absolute atomic E-state index is 0.173. The number of aryl methyl sites for hydroxylation is 4. The van der Waals surface area contributed by atoms with Gasteiger partial charge in [-0.05, 0) is 121 Å². The lowest BCUT2D eigenvalue weighted by Crippen LogP contribution is -2.09. The molecule has 1 aliphatic carbocycles. The van der Waals surface area contributed by atoms with Crippen LogP contribution in [0.2, 0.25) is 0 Å². The summed E-state index contributed by atoms with van der Waals surface area (Å²) in [4.78, 5) is 0. The molecule has 0 heterocycles. The van der Waals surface area contributed by atoms with Gasteiger partial charge in [-0.15, -0.1) is 6.42 Å². The highest BCUT2D eigenvalue weighted by molar-refractivity contribution is 5.55. The van der Waals surface area contributed by atoms with E-state index >= 15 is 0 Å². The summed E-state index contributed by atoms with van der Waals surface area (Å²) >= 11 is 0. The predicted octanol–water partition coefficient (Wildman–Crippen LogP) is 8.72. The Balaban J connectivity index is 1.97. The Kier molecular flexibility index (Phi) is 7.04. The van der Waals surface area contributed by atoms with Crippen molar-refractivity contribution in [3.63, 3.8) is 0 Å². The summed E-state index contributed by atoms with van der Waals surface area (Å²) < 4.78 is 0. The summed E-state index contributed by atoms with van der Waals surface area (Å²) in [6.07, 6.45) is 10.8. The first-order valence-electron chi connectivity index (χ1n) is 13.1. The lowest BCUT2D eigenvalue weighted by Gasteiger charge is -2.25. The molecule has 0 aromatic heterocycles. The molecule has 1 aliphatic rings. The van der Waals surface area contributed by atoms with Crippen LogP contribution in [-0.2, 0) is 12.8 Å². The molecular formula is C34H40. The van der Waals surface area contributed by atoms with Crippen LogP contribution in [0.5, 0.6) is 0 Å². The second-order valence-electron chi connectivity index (χ2n) is 10.6. The highest BCUT2D eigenvalue weighted by Crippen LogP contribution is 2.44.